The second-order valence-electron chi connectivity index (χ2n) is 7.68. The van der Waals surface area contributed by atoms with Crippen LogP contribution in [-0.2, 0) is 17.6 Å². The third-order valence-corrected chi connectivity index (χ3v) is 5.43. The van der Waals surface area contributed by atoms with Crippen LogP contribution in [0.5, 0.6) is 0 Å². The van der Waals surface area contributed by atoms with Crippen molar-refractivity contribution in [3.05, 3.63) is 94.6 Å². The highest BCUT2D eigenvalue weighted by Gasteiger charge is 2.22. The van der Waals surface area contributed by atoms with E-state index in [4.69, 9.17) is 0 Å². The Kier molecular flexibility index (Phi) is 7.69. The molecule has 156 valence electrons. The van der Waals surface area contributed by atoms with Crippen LogP contribution in [0.25, 0.3) is 0 Å². The summed E-state index contributed by atoms with van der Waals surface area (Å²) < 4.78 is 0. The zero-order valence-electron chi connectivity index (χ0n) is 18.0. The number of amides is 1. The highest BCUT2D eigenvalue weighted by molar-refractivity contribution is 5.83. The van der Waals surface area contributed by atoms with Gasteiger partial charge in [-0.15, -0.1) is 0 Å². The van der Waals surface area contributed by atoms with Gasteiger partial charge in [0.2, 0.25) is 5.91 Å². The number of hydrogen-bond acceptors (Lipinski definition) is 4. The number of aromatic nitrogens is 2. The number of carbonyl (C=O) groups is 1. The first-order chi connectivity index (χ1) is 14.5. The molecule has 3 rings (SSSR count). The van der Waals surface area contributed by atoms with Gasteiger partial charge in [0.05, 0.1) is 0 Å². The molecular weight excluding hydrogens is 372 g/mol. The average Bonchev–Trinajstić information content (AvgIpc) is 2.75. The summed E-state index contributed by atoms with van der Waals surface area (Å²) in [6.07, 6.45) is 8.77. The van der Waals surface area contributed by atoms with Crippen LogP contribution in [-0.4, -0.2) is 29.0 Å². The van der Waals surface area contributed by atoms with Crippen molar-refractivity contribution in [2.24, 2.45) is 0 Å². The molecule has 0 radical (unpaired) electrons. The van der Waals surface area contributed by atoms with Gasteiger partial charge in [0.1, 0.15) is 6.04 Å². The lowest BCUT2D eigenvalue weighted by molar-refractivity contribution is -0.123. The summed E-state index contributed by atoms with van der Waals surface area (Å²) in [4.78, 5) is 21.2. The van der Waals surface area contributed by atoms with Crippen molar-refractivity contribution in [3.63, 3.8) is 0 Å². The van der Waals surface area contributed by atoms with E-state index in [2.05, 4.69) is 53.5 Å². The van der Waals surface area contributed by atoms with E-state index >= 15 is 0 Å². The molecule has 0 bridgehead atoms. The van der Waals surface area contributed by atoms with E-state index in [0.717, 1.165) is 29.5 Å². The monoisotopic (exact) mass is 402 g/mol. The molecule has 5 heteroatoms. The van der Waals surface area contributed by atoms with Crippen LogP contribution in [0.1, 0.15) is 39.4 Å². The largest absolute Gasteiger partial charge is 0.354 e. The summed E-state index contributed by atoms with van der Waals surface area (Å²) in [6, 6.07) is 11.9. The van der Waals surface area contributed by atoms with Crippen LogP contribution in [0.3, 0.4) is 0 Å². The molecule has 1 amide bonds. The highest BCUT2D eigenvalue weighted by atomic mass is 16.2. The van der Waals surface area contributed by atoms with Gasteiger partial charge in [-0.3, -0.25) is 14.8 Å². The second kappa shape index (κ2) is 10.6. The lowest BCUT2D eigenvalue weighted by Crippen LogP contribution is -2.39. The van der Waals surface area contributed by atoms with Gasteiger partial charge < -0.3 is 10.6 Å². The van der Waals surface area contributed by atoms with Crippen molar-refractivity contribution >= 4 is 5.91 Å². The maximum Gasteiger partial charge on any atom is 0.241 e. The van der Waals surface area contributed by atoms with Crippen LogP contribution in [0.15, 0.2) is 61.2 Å². The Morgan fingerprint density at radius 2 is 1.33 bits per heavy atom. The van der Waals surface area contributed by atoms with E-state index in [1.165, 1.54) is 16.7 Å². The summed E-state index contributed by atoms with van der Waals surface area (Å²) in [5, 5.41) is 6.59. The van der Waals surface area contributed by atoms with Crippen LogP contribution < -0.4 is 10.6 Å². The summed E-state index contributed by atoms with van der Waals surface area (Å²) in [7, 11) is 0. The van der Waals surface area contributed by atoms with Gasteiger partial charge in [0, 0.05) is 37.9 Å². The van der Waals surface area contributed by atoms with Gasteiger partial charge in [-0.05, 0) is 91.3 Å². The van der Waals surface area contributed by atoms with Crippen LogP contribution >= 0.6 is 0 Å². The van der Waals surface area contributed by atoms with Gasteiger partial charge >= 0.3 is 0 Å². The van der Waals surface area contributed by atoms with E-state index in [0.29, 0.717) is 13.1 Å². The number of rotatable bonds is 9. The van der Waals surface area contributed by atoms with Gasteiger partial charge in [-0.2, -0.15) is 0 Å². The van der Waals surface area contributed by atoms with Crippen LogP contribution in [0.2, 0.25) is 0 Å². The minimum atomic E-state index is -0.386. The third-order valence-electron chi connectivity index (χ3n) is 5.43. The molecule has 1 aromatic carbocycles. The van der Waals surface area contributed by atoms with Crippen molar-refractivity contribution in [3.8, 4) is 0 Å². The minimum Gasteiger partial charge on any atom is -0.354 e. The average molecular weight is 403 g/mol. The number of aryl methyl sites for hydroxylation is 3. The molecule has 30 heavy (non-hydrogen) atoms. The van der Waals surface area contributed by atoms with E-state index in [-0.39, 0.29) is 11.9 Å². The molecular formula is C25H30N4O. The van der Waals surface area contributed by atoms with Gasteiger partial charge in [0.25, 0.3) is 0 Å². The molecule has 5 nitrogen and oxygen atoms in total. The molecule has 2 aromatic heterocycles. The van der Waals surface area contributed by atoms with Crippen molar-refractivity contribution in [2.45, 2.75) is 39.7 Å². The molecule has 1 atom stereocenters. The Balaban J connectivity index is 1.69. The van der Waals surface area contributed by atoms with Crippen LogP contribution in [0, 0.1) is 20.8 Å². The SMILES string of the molecule is Cc1cc(C)c(C(NCCc2ccncc2)C(=O)NCCc2ccncc2)cc1C. The third kappa shape index (κ3) is 5.97. The number of hydrogen-bond donors (Lipinski definition) is 2. The quantitative estimate of drug-likeness (QED) is 0.574. The Morgan fingerprint density at radius 1 is 0.800 bits per heavy atom. The molecule has 2 heterocycles. The van der Waals surface area contributed by atoms with E-state index in [1.807, 2.05) is 24.3 Å². The second-order valence-corrected chi connectivity index (χ2v) is 7.68. The lowest BCUT2D eigenvalue weighted by Gasteiger charge is -2.22. The Morgan fingerprint density at radius 3 is 1.93 bits per heavy atom. The highest BCUT2D eigenvalue weighted by Crippen LogP contribution is 2.22. The molecule has 2 N–H and O–H groups in total. The molecule has 0 saturated carbocycles. The normalized spacial score (nSPS) is 11.8. The minimum absolute atomic E-state index is 0.00476. The molecule has 0 saturated heterocycles. The predicted molar refractivity (Wildman–Crippen MR) is 120 cm³/mol. The molecule has 1 unspecified atom stereocenters. The topological polar surface area (TPSA) is 66.9 Å². The molecule has 3 aromatic rings. The Bertz CT molecular complexity index is 958. The molecule has 0 spiro atoms. The number of benzene rings is 1. The predicted octanol–water partition coefficient (Wildman–Crippen LogP) is 3.63. The Labute approximate surface area is 179 Å². The molecule has 0 fully saturated rings. The first kappa shape index (κ1) is 21.7. The van der Waals surface area contributed by atoms with E-state index in [9.17, 15) is 4.79 Å². The van der Waals surface area contributed by atoms with Crippen LogP contribution in [0.4, 0.5) is 0 Å². The maximum atomic E-state index is 13.1. The first-order valence-electron chi connectivity index (χ1n) is 10.4. The standard InChI is InChI=1S/C25H30N4O/c1-18-16-20(3)23(17-19(18)2)24(28-14-8-21-4-10-26-11-5-21)25(30)29-15-9-22-6-12-27-13-7-22/h4-7,10-13,16-17,24,28H,8-9,14-15H2,1-3H3,(H,29,30). The van der Waals surface area contributed by atoms with E-state index < -0.39 is 0 Å². The fourth-order valence-corrected chi connectivity index (χ4v) is 3.53. The van der Waals surface area contributed by atoms with Crippen molar-refractivity contribution in [2.75, 3.05) is 13.1 Å². The van der Waals surface area contributed by atoms with Gasteiger partial charge in [-0.25, -0.2) is 0 Å². The van der Waals surface area contributed by atoms with Gasteiger partial charge in [0.15, 0.2) is 0 Å². The van der Waals surface area contributed by atoms with Gasteiger partial charge in [-0.1, -0.05) is 12.1 Å². The zero-order valence-corrected chi connectivity index (χ0v) is 18.0. The number of nitrogens with one attached hydrogen (secondary N) is 2. The number of pyridine rings is 2. The summed E-state index contributed by atoms with van der Waals surface area (Å²) >= 11 is 0. The zero-order chi connectivity index (χ0) is 21.3. The fraction of sp³-hybridized carbons (Fsp3) is 0.320. The van der Waals surface area contributed by atoms with Crippen molar-refractivity contribution in [1.82, 2.24) is 20.6 Å². The van der Waals surface area contributed by atoms with Crippen molar-refractivity contribution in [1.29, 1.82) is 0 Å². The number of nitrogens with zero attached hydrogens (tertiary/aromatic N) is 2. The van der Waals surface area contributed by atoms with E-state index in [1.54, 1.807) is 24.8 Å². The fourth-order valence-electron chi connectivity index (χ4n) is 3.53. The molecule has 0 aliphatic carbocycles. The summed E-state index contributed by atoms with van der Waals surface area (Å²) in [5.74, 6) is 0.00476. The lowest BCUT2D eigenvalue weighted by atomic mass is 9.95. The summed E-state index contributed by atoms with van der Waals surface area (Å²) in [6.45, 7) is 7.57. The Hall–Kier alpha value is -3.05. The maximum absolute atomic E-state index is 13.1. The summed E-state index contributed by atoms with van der Waals surface area (Å²) in [5.41, 5.74) is 6.96. The smallest absolute Gasteiger partial charge is 0.241 e. The molecule has 0 aliphatic heterocycles. The first-order valence-corrected chi connectivity index (χ1v) is 10.4. The molecule has 0 aliphatic rings. The number of carbonyl (C=O) groups excluding carboxylic acids is 1. The van der Waals surface area contributed by atoms with Crippen molar-refractivity contribution < 1.29 is 4.79 Å².